The zero-order valence-corrected chi connectivity index (χ0v) is 14.2. The van der Waals surface area contributed by atoms with Crippen LogP contribution in [0.1, 0.15) is 0 Å². The number of aromatic amines is 1. The van der Waals surface area contributed by atoms with Crippen molar-refractivity contribution in [3.05, 3.63) is 79.6 Å². The van der Waals surface area contributed by atoms with Gasteiger partial charge in [0.15, 0.2) is 0 Å². The molecule has 0 radical (unpaired) electrons. The van der Waals surface area contributed by atoms with Crippen molar-refractivity contribution >= 4 is 22.2 Å². The summed E-state index contributed by atoms with van der Waals surface area (Å²) in [5.74, 6) is 0.851. The van der Waals surface area contributed by atoms with Gasteiger partial charge in [-0.15, -0.1) is 0 Å². The van der Waals surface area contributed by atoms with Gasteiger partial charge >= 0.3 is 0 Å². The van der Waals surface area contributed by atoms with Crippen LogP contribution < -0.4 is 0 Å². The molecule has 1 aromatic carbocycles. The lowest BCUT2D eigenvalue weighted by atomic mass is 10.2. The zero-order chi connectivity index (χ0) is 17.8. The number of rotatable bonds is 2. The molecule has 27 heavy (non-hydrogen) atoms. The first-order valence-electron chi connectivity index (χ1n) is 8.69. The number of hydrogen-bond acceptors (Lipinski definition) is 3. The van der Waals surface area contributed by atoms with Crippen LogP contribution >= 0.6 is 0 Å². The van der Waals surface area contributed by atoms with Gasteiger partial charge in [-0.3, -0.25) is 0 Å². The van der Waals surface area contributed by atoms with Gasteiger partial charge in [-0.1, -0.05) is 12.1 Å². The van der Waals surface area contributed by atoms with Crippen LogP contribution in [-0.4, -0.2) is 28.7 Å². The molecular weight excluding hydrogens is 336 g/mol. The molecule has 6 heteroatoms. The Morgan fingerprint density at radius 1 is 0.852 bits per heavy atom. The summed E-state index contributed by atoms with van der Waals surface area (Å²) in [5, 5.41) is 0. The lowest BCUT2D eigenvalue weighted by Gasteiger charge is -1.97. The SMILES string of the molecule is c1ccc2[nH]c(-c3ccn4cc(-c5ccn6cncc6c5)nc4c3)nc2c1. The van der Waals surface area contributed by atoms with Crippen LogP contribution in [-0.2, 0) is 0 Å². The Kier molecular flexibility index (Phi) is 2.79. The molecule has 0 aliphatic heterocycles. The minimum absolute atomic E-state index is 0.851. The lowest BCUT2D eigenvalue weighted by Crippen LogP contribution is -1.85. The number of H-pyrrole nitrogens is 1. The van der Waals surface area contributed by atoms with E-state index >= 15 is 0 Å². The topological polar surface area (TPSA) is 63.3 Å². The van der Waals surface area contributed by atoms with Gasteiger partial charge in [0.2, 0.25) is 0 Å². The molecule has 0 amide bonds. The Bertz CT molecular complexity index is 1400. The molecule has 0 saturated heterocycles. The van der Waals surface area contributed by atoms with Gasteiger partial charge in [0.1, 0.15) is 11.5 Å². The highest BCUT2D eigenvalue weighted by molar-refractivity contribution is 5.80. The summed E-state index contributed by atoms with van der Waals surface area (Å²) < 4.78 is 4.01. The molecule has 6 aromatic rings. The number of imidazole rings is 3. The maximum absolute atomic E-state index is 4.81. The smallest absolute Gasteiger partial charge is 0.138 e. The molecule has 0 aliphatic carbocycles. The van der Waals surface area contributed by atoms with Crippen LogP contribution in [0.2, 0.25) is 0 Å². The summed E-state index contributed by atoms with van der Waals surface area (Å²) in [5.41, 5.74) is 6.94. The summed E-state index contributed by atoms with van der Waals surface area (Å²) in [7, 11) is 0. The predicted molar refractivity (Wildman–Crippen MR) is 104 cm³/mol. The minimum Gasteiger partial charge on any atom is -0.338 e. The van der Waals surface area contributed by atoms with Crippen LogP contribution in [0.25, 0.3) is 44.8 Å². The summed E-state index contributed by atoms with van der Waals surface area (Å²) in [4.78, 5) is 17.0. The van der Waals surface area contributed by atoms with E-state index in [1.54, 1.807) is 6.33 Å². The Morgan fingerprint density at radius 2 is 1.74 bits per heavy atom. The summed E-state index contributed by atoms with van der Waals surface area (Å²) in [6.07, 6.45) is 9.70. The molecular formula is C21H14N6. The molecule has 5 heterocycles. The van der Waals surface area contributed by atoms with Crippen molar-refractivity contribution in [3.8, 4) is 22.6 Å². The average molecular weight is 350 g/mol. The first-order valence-corrected chi connectivity index (χ1v) is 8.69. The van der Waals surface area contributed by atoms with E-state index < -0.39 is 0 Å². The van der Waals surface area contributed by atoms with Crippen molar-refractivity contribution in [1.82, 2.24) is 28.7 Å². The van der Waals surface area contributed by atoms with Crippen molar-refractivity contribution in [2.75, 3.05) is 0 Å². The largest absolute Gasteiger partial charge is 0.338 e. The van der Waals surface area contributed by atoms with Crippen LogP contribution in [0.15, 0.2) is 79.6 Å². The molecule has 0 fully saturated rings. The van der Waals surface area contributed by atoms with Crippen molar-refractivity contribution in [3.63, 3.8) is 0 Å². The fraction of sp³-hybridized carbons (Fsp3) is 0. The molecule has 0 spiro atoms. The highest BCUT2D eigenvalue weighted by atomic mass is 15.0. The normalized spacial score (nSPS) is 11.7. The predicted octanol–water partition coefficient (Wildman–Crippen LogP) is 4.19. The van der Waals surface area contributed by atoms with E-state index in [1.807, 2.05) is 57.9 Å². The average Bonchev–Trinajstić information content (AvgIpc) is 3.42. The number of fused-ring (bicyclic) bond motifs is 3. The van der Waals surface area contributed by atoms with Crippen molar-refractivity contribution in [1.29, 1.82) is 0 Å². The van der Waals surface area contributed by atoms with Gasteiger partial charge < -0.3 is 13.8 Å². The van der Waals surface area contributed by atoms with Gasteiger partial charge in [-0.05, 0) is 36.4 Å². The molecule has 6 nitrogen and oxygen atoms in total. The maximum Gasteiger partial charge on any atom is 0.138 e. The van der Waals surface area contributed by atoms with Gasteiger partial charge in [0, 0.05) is 29.7 Å². The van der Waals surface area contributed by atoms with Gasteiger partial charge in [-0.2, -0.15) is 0 Å². The third-order valence-electron chi connectivity index (χ3n) is 4.83. The number of hydrogen-bond donors (Lipinski definition) is 1. The summed E-state index contributed by atoms with van der Waals surface area (Å²) in [6, 6.07) is 16.3. The van der Waals surface area contributed by atoms with Crippen molar-refractivity contribution in [2.24, 2.45) is 0 Å². The molecule has 0 atom stereocenters. The molecule has 0 aliphatic rings. The van der Waals surface area contributed by atoms with Crippen LogP contribution in [0.4, 0.5) is 0 Å². The second-order valence-corrected chi connectivity index (χ2v) is 6.55. The van der Waals surface area contributed by atoms with Crippen molar-refractivity contribution in [2.45, 2.75) is 0 Å². The van der Waals surface area contributed by atoms with E-state index in [9.17, 15) is 0 Å². The van der Waals surface area contributed by atoms with Crippen LogP contribution in [0.5, 0.6) is 0 Å². The lowest BCUT2D eigenvalue weighted by molar-refractivity contribution is 1.15. The number of nitrogens with zero attached hydrogens (tertiary/aromatic N) is 5. The zero-order valence-electron chi connectivity index (χ0n) is 14.2. The molecule has 0 saturated carbocycles. The number of para-hydroxylation sites is 2. The van der Waals surface area contributed by atoms with E-state index in [-0.39, 0.29) is 0 Å². The summed E-state index contributed by atoms with van der Waals surface area (Å²) >= 11 is 0. The number of nitrogens with one attached hydrogen (secondary N) is 1. The monoisotopic (exact) mass is 350 g/mol. The molecule has 5 aromatic heterocycles. The van der Waals surface area contributed by atoms with E-state index in [1.165, 1.54) is 0 Å². The minimum atomic E-state index is 0.851. The van der Waals surface area contributed by atoms with Crippen LogP contribution in [0, 0.1) is 0 Å². The molecule has 0 unspecified atom stereocenters. The fourth-order valence-electron chi connectivity index (χ4n) is 3.44. The molecule has 1 N–H and O–H groups in total. The van der Waals surface area contributed by atoms with E-state index in [2.05, 4.69) is 39.2 Å². The van der Waals surface area contributed by atoms with E-state index in [0.29, 0.717) is 0 Å². The standard InChI is InChI=1S/C21H14N6/c1-2-4-18-17(3-1)24-21(25-18)15-6-7-26-12-19(23-20(26)10-15)14-5-8-27-13-22-11-16(27)9-14/h1-13H,(H,24,25). The Hall–Kier alpha value is -3.93. The fourth-order valence-corrected chi connectivity index (χ4v) is 3.44. The van der Waals surface area contributed by atoms with Gasteiger partial charge in [0.25, 0.3) is 0 Å². The van der Waals surface area contributed by atoms with Gasteiger partial charge in [-0.25, -0.2) is 15.0 Å². The third-order valence-corrected chi connectivity index (χ3v) is 4.83. The van der Waals surface area contributed by atoms with E-state index in [0.717, 1.165) is 44.8 Å². The molecule has 128 valence electrons. The highest BCUT2D eigenvalue weighted by Gasteiger charge is 2.09. The Morgan fingerprint density at radius 3 is 2.70 bits per heavy atom. The maximum atomic E-state index is 4.81. The first-order chi connectivity index (χ1) is 13.3. The second-order valence-electron chi connectivity index (χ2n) is 6.55. The number of aromatic nitrogens is 6. The van der Waals surface area contributed by atoms with Crippen molar-refractivity contribution < 1.29 is 0 Å². The second kappa shape index (κ2) is 5.28. The quantitative estimate of drug-likeness (QED) is 0.509. The third kappa shape index (κ3) is 2.23. The molecule has 0 bridgehead atoms. The number of pyridine rings is 2. The van der Waals surface area contributed by atoms with Gasteiger partial charge in [0.05, 0.1) is 34.8 Å². The van der Waals surface area contributed by atoms with E-state index in [4.69, 9.17) is 4.98 Å². The Labute approximate surface area is 153 Å². The summed E-state index contributed by atoms with van der Waals surface area (Å²) in [6.45, 7) is 0. The molecule has 6 rings (SSSR count). The Balaban J connectivity index is 1.46. The number of benzene rings is 1. The van der Waals surface area contributed by atoms with Crippen LogP contribution in [0.3, 0.4) is 0 Å². The highest BCUT2D eigenvalue weighted by Crippen LogP contribution is 2.24. The first kappa shape index (κ1) is 14.3.